The summed E-state index contributed by atoms with van der Waals surface area (Å²) in [5.74, 6) is -0.704. The van der Waals surface area contributed by atoms with Crippen molar-refractivity contribution in [3.05, 3.63) is 17.5 Å². The molecular formula is C9H10N2O3. The maximum absolute atomic E-state index is 11.3. The van der Waals surface area contributed by atoms with Crippen LogP contribution < -0.4 is 0 Å². The molecule has 5 nitrogen and oxygen atoms in total. The molecule has 74 valence electrons. The lowest BCUT2D eigenvalue weighted by atomic mass is 10.2. The van der Waals surface area contributed by atoms with Crippen LogP contribution in [0.25, 0.3) is 0 Å². The Morgan fingerprint density at radius 3 is 2.86 bits per heavy atom. The number of Topliss-reactive ketones (excluding diaryl/α,β-unsaturated/α-hetero) is 1. The summed E-state index contributed by atoms with van der Waals surface area (Å²) in [6.45, 7) is 2.73. The number of amides is 1. The molecule has 0 aliphatic carbocycles. The maximum atomic E-state index is 11.3. The van der Waals surface area contributed by atoms with Crippen molar-refractivity contribution in [1.82, 2.24) is 10.1 Å². The quantitative estimate of drug-likeness (QED) is 0.634. The molecule has 2 rings (SSSR count). The molecule has 0 atom stereocenters. The van der Waals surface area contributed by atoms with E-state index < -0.39 is 5.91 Å². The number of ketones is 1. The Morgan fingerprint density at radius 1 is 1.57 bits per heavy atom. The summed E-state index contributed by atoms with van der Waals surface area (Å²) in [6.07, 6.45) is 1.83. The van der Waals surface area contributed by atoms with E-state index in [-0.39, 0.29) is 5.78 Å². The molecule has 1 amide bonds. The number of likely N-dealkylation sites (tertiary alicyclic amines) is 1. The number of aromatic nitrogens is 1. The first-order chi connectivity index (χ1) is 6.68. The second-order valence-electron chi connectivity index (χ2n) is 3.33. The van der Waals surface area contributed by atoms with Gasteiger partial charge in [-0.3, -0.25) is 9.59 Å². The molecule has 1 aromatic heterocycles. The molecule has 5 heteroatoms. The Balaban J connectivity index is 2.09. The lowest BCUT2D eigenvalue weighted by Gasteiger charge is -2.12. The van der Waals surface area contributed by atoms with Crippen LogP contribution in [0.2, 0.25) is 0 Å². The van der Waals surface area contributed by atoms with Crippen molar-refractivity contribution in [2.24, 2.45) is 0 Å². The molecule has 0 spiro atoms. The molecule has 0 unspecified atom stereocenters. The van der Waals surface area contributed by atoms with Crippen LogP contribution in [0.15, 0.2) is 10.8 Å². The molecule has 0 saturated carbocycles. The third kappa shape index (κ3) is 1.41. The molecule has 0 radical (unpaired) electrons. The van der Waals surface area contributed by atoms with E-state index in [1.54, 1.807) is 6.92 Å². The summed E-state index contributed by atoms with van der Waals surface area (Å²) in [6, 6.07) is 0. The van der Waals surface area contributed by atoms with E-state index >= 15 is 0 Å². The minimum atomic E-state index is -0.398. The van der Waals surface area contributed by atoms with Gasteiger partial charge in [0.15, 0.2) is 0 Å². The summed E-state index contributed by atoms with van der Waals surface area (Å²) < 4.78 is 4.74. The number of hydrogen-bond acceptors (Lipinski definition) is 4. The topological polar surface area (TPSA) is 63.4 Å². The highest BCUT2D eigenvalue weighted by Crippen LogP contribution is 2.13. The molecule has 1 saturated heterocycles. The average Bonchev–Trinajstić information content (AvgIpc) is 2.68. The molecule has 0 N–H and O–H groups in total. The normalized spacial score (nSPS) is 16.8. The maximum Gasteiger partial charge on any atom is 0.290 e. The zero-order valence-corrected chi connectivity index (χ0v) is 7.82. The van der Waals surface area contributed by atoms with Crippen LogP contribution >= 0.6 is 0 Å². The van der Waals surface area contributed by atoms with Crippen molar-refractivity contribution in [2.45, 2.75) is 19.9 Å². The van der Waals surface area contributed by atoms with Crippen LogP contribution in [0.5, 0.6) is 0 Å². The van der Waals surface area contributed by atoms with Crippen LogP contribution in [0.4, 0.5) is 0 Å². The Labute approximate surface area is 80.7 Å². The van der Waals surface area contributed by atoms with Crippen LogP contribution in [-0.4, -0.2) is 28.3 Å². The molecular weight excluding hydrogens is 184 g/mol. The molecule has 0 bridgehead atoms. The van der Waals surface area contributed by atoms with Gasteiger partial charge in [0.05, 0.1) is 12.2 Å². The van der Waals surface area contributed by atoms with Crippen LogP contribution in [-0.2, 0) is 16.1 Å². The number of carbonyl (C=O) groups excluding carboxylic acids is 2. The van der Waals surface area contributed by atoms with Crippen molar-refractivity contribution in [3.8, 4) is 0 Å². The SMILES string of the molecule is Cc1nocc1CN1CCC(=O)C1=O. The van der Waals surface area contributed by atoms with Crippen molar-refractivity contribution in [3.63, 3.8) is 0 Å². The van der Waals surface area contributed by atoms with Crippen LogP contribution in [0, 0.1) is 6.92 Å². The zero-order chi connectivity index (χ0) is 10.1. The van der Waals surface area contributed by atoms with Crippen molar-refractivity contribution in [1.29, 1.82) is 0 Å². The molecule has 0 aromatic carbocycles. The van der Waals surface area contributed by atoms with Crippen LogP contribution in [0.3, 0.4) is 0 Å². The summed E-state index contributed by atoms with van der Waals surface area (Å²) in [4.78, 5) is 23.8. The van der Waals surface area contributed by atoms with Gasteiger partial charge in [-0.2, -0.15) is 0 Å². The van der Waals surface area contributed by atoms with Gasteiger partial charge in [-0.25, -0.2) is 0 Å². The summed E-state index contributed by atoms with van der Waals surface area (Å²) in [7, 11) is 0. The minimum Gasteiger partial charge on any atom is -0.364 e. The first kappa shape index (κ1) is 8.93. The Morgan fingerprint density at radius 2 is 2.36 bits per heavy atom. The fraction of sp³-hybridized carbons (Fsp3) is 0.444. The van der Waals surface area contributed by atoms with Gasteiger partial charge in [0.2, 0.25) is 5.78 Å². The van der Waals surface area contributed by atoms with Gasteiger partial charge in [0.1, 0.15) is 6.26 Å². The van der Waals surface area contributed by atoms with E-state index in [4.69, 9.17) is 4.52 Å². The highest BCUT2D eigenvalue weighted by molar-refractivity contribution is 6.37. The van der Waals surface area contributed by atoms with Gasteiger partial charge in [-0.15, -0.1) is 0 Å². The van der Waals surface area contributed by atoms with Crippen molar-refractivity contribution in [2.75, 3.05) is 6.54 Å². The fourth-order valence-electron chi connectivity index (χ4n) is 1.44. The second kappa shape index (κ2) is 3.25. The van der Waals surface area contributed by atoms with Gasteiger partial charge < -0.3 is 9.42 Å². The smallest absolute Gasteiger partial charge is 0.290 e. The van der Waals surface area contributed by atoms with E-state index in [2.05, 4.69) is 5.16 Å². The van der Waals surface area contributed by atoms with Crippen molar-refractivity contribution < 1.29 is 14.1 Å². The number of aryl methyl sites for hydroxylation is 1. The lowest BCUT2D eigenvalue weighted by Crippen LogP contribution is -2.26. The van der Waals surface area contributed by atoms with E-state index in [1.165, 1.54) is 11.2 Å². The van der Waals surface area contributed by atoms with Crippen molar-refractivity contribution >= 4 is 11.7 Å². The third-order valence-corrected chi connectivity index (χ3v) is 2.35. The first-order valence-corrected chi connectivity index (χ1v) is 4.40. The molecule has 2 heterocycles. The second-order valence-corrected chi connectivity index (χ2v) is 3.33. The number of rotatable bonds is 2. The molecule has 1 aliphatic rings. The summed E-state index contributed by atoms with van der Waals surface area (Å²) in [5, 5.41) is 3.70. The highest BCUT2D eigenvalue weighted by Gasteiger charge is 2.29. The van der Waals surface area contributed by atoms with E-state index in [0.29, 0.717) is 19.5 Å². The van der Waals surface area contributed by atoms with Gasteiger partial charge in [0, 0.05) is 18.5 Å². The highest BCUT2D eigenvalue weighted by atomic mass is 16.5. The predicted octanol–water partition coefficient (Wildman–Crippen LogP) is 0.284. The van der Waals surface area contributed by atoms with E-state index in [1.807, 2.05) is 0 Å². The van der Waals surface area contributed by atoms with E-state index in [9.17, 15) is 9.59 Å². The fourth-order valence-corrected chi connectivity index (χ4v) is 1.44. The average molecular weight is 194 g/mol. The number of carbonyl (C=O) groups is 2. The Hall–Kier alpha value is -1.65. The Kier molecular flexibility index (Phi) is 2.07. The predicted molar refractivity (Wildman–Crippen MR) is 46.3 cm³/mol. The van der Waals surface area contributed by atoms with E-state index in [0.717, 1.165) is 11.3 Å². The molecule has 1 aliphatic heterocycles. The molecule has 14 heavy (non-hydrogen) atoms. The van der Waals surface area contributed by atoms with Gasteiger partial charge in [-0.05, 0) is 6.92 Å². The zero-order valence-electron chi connectivity index (χ0n) is 7.82. The number of hydrogen-bond donors (Lipinski definition) is 0. The summed E-state index contributed by atoms with van der Waals surface area (Å²) >= 11 is 0. The van der Waals surface area contributed by atoms with Crippen LogP contribution in [0.1, 0.15) is 17.7 Å². The largest absolute Gasteiger partial charge is 0.364 e. The number of nitrogens with zero attached hydrogens (tertiary/aromatic N) is 2. The molecule has 1 fully saturated rings. The Bertz CT molecular complexity index is 383. The van der Waals surface area contributed by atoms with Gasteiger partial charge in [0.25, 0.3) is 5.91 Å². The molecule has 1 aromatic rings. The standard InChI is InChI=1S/C9H10N2O3/c1-6-7(5-14-10-6)4-11-3-2-8(12)9(11)13/h5H,2-4H2,1H3. The first-order valence-electron chi connectivity index (χ1n) is 4.40. The minimum absolute atomic E-state index is 0.306. The van der Waals surface area contributed by atoms with Gasteiger partial charge in [-0.1, -0.05) is 5.16 Å². The monoisotopic (exact) mass is 194 g/mol. The third-order valence-electron chi connectivity index (χ3n) is 2.35. The summed E-state index contributed by atoms with van der Waals surface area (Å²) in [5.41, 5.74) is 1.62. The lowest BCUT2D eigenvalue weighted by molar-refractivity contribution is -0.140. The van der Waals surface area contributed by atoms with Gasteiger partial charge >= 0.3 is 0 Å².